The molecule has 1 heterocycles. The van der Waals surface area contributed by atoms with E-state index < -0.39 is 0 Å². The average Bonchev–Trinajstić information content (AvgIpc) is 2.14. The fraction of sp³-hybridized carbons (Fsp3) is 1.00. The first-order valence-electron chi connectivity index (χ1n) is 4.81. The van der Waals surface area contributed by atoms with E-state index in [1.807, 2.05) is 0 Å². The van der Waals surface area contributed by atoms with Crippen LogP contribution in [0.2, 0.25) is 0 Å². The lowest BCUT2D eigenvalue weighted by Crippen LogP contribution is -2.38. The van der Waals surface area contributed by atoms with Crippen molar-refractivity contribution in [2.45, 2.75) is 13.3 Å². The molecule has 0 atom stereocenters. The van der Waals surface area contributed by atoms with Crippen LogP contribution in [0.3, 0.4) is 0 Å². The summed E-state index contributed by atoms with van der Waals surface area (Å²) in [6.45, 7) is 8.85. The maximum atomic E-state index is 5.40. The maximum absolute atomic E-state index is 5.40. The second-order valence-corrected chi connectivity index (χ2v) is 3.07. The van der Waals surface area contributed by atoms with Gasteiger partial charge in [-0.05, 0) is 6.42 Å². The molecule has 1 aliphatic heterocycles. The number of hydrogen-bond acceptors (Lipinski definition) is 4. The smallest absolute Gasteiger partial charge is 0.0594 e. The lowest BCUT2D eigenvalue weighted by molar-refractivity contribution is 0.0205. The van der Waals surface area contributed by atoms with Gasteiger partial charge < -0.3 is 15.6 Å². The van der Waals surface area contributed by atoms with Crippen LogP contribution in [-0.2, 0) is 9.47 Å². The Kier molecular flexibility index (Phi) is 8.33. The molecular formula is C9H22N2O2. The highest BCUT2D eigenvalue weighted by Gasteiger charge is 2.08. The number of morpholine rings is 1. The quantitative estimate of drug-likeness (QED) is 0.655. The average molecular weight is 190 g/mol. The Morgan fingerprint density at radius 1 is 1.23 bits per heavy atom. The van der Waals surface area contributed by atoms with E-state index in [-0.39, 0.29) is 6.15 Å². The zero-order chi connectivity index (χ0) is 8.65. The van der Waals surface area contributed by atoms with Crippen molar-refractivity contribution in [3.63, 3.8) is 0 Å². The van der Waals surface area contributed by atoms with Gasteiger partial charge in [0, 0.05) is 26.2 Å². The molecule has 0 bridgehead atoms. The Balaban J connectivity index is 0.00000144. The first kappa shape index (κ1) is 12.8. The van der Waals surface area contributed by atoms with Crippen molar-refractivity contribution in [2.24, 2.45) is 0 Å². The molecule has 80 valence electrons. The van der Waals surface area contributed by atoms with Gasteiger partial charge in [0.1, 0.15) is 0 Å². The molecular weight excluding hydrogens is 168 g/mol. The molecule has 13 heavy (non-hydrogen) atoms. The molecule has 0 radical (unpaired) electrons. The van der Waals surface area contributed by atoms with Gasteiger partial charge in [0.2, 0.25) is 0 Å². The van der Waals surface area contributed by atoms with Crippen molar-refractivity contribution >= 4 is 0 Å². The highest BCUT2D eigenvalue weighted by molar-refractivity contribution is 4.60. The summed E-state index contributed by atoms with van der Waals surface area (Å²) < 4.78 is 10.6. The summed E-state index contributed by atoms with van der Waals surface area (Å²) in [4.78, 5) is 2.39. The van der Waals surface area contributed by atoms with Crippen LogP contribution in [0.4, 0.5) is 0 Å². The van der Waals surface area contributed by atoms with Crippen LogP contribution in [0.15, 0.2) is 0 Å². The van der Waals surface area contributed by atoms with Gasteiger partial charge in [0.15, 0.2) is 0 Å². The maximum Gasteiger partial charge on any atom is 0.0594 e. The molecule has 0 spiro atoms. The van der Waals surface area contributed by atoms with E-state index in [0.29, 0.717) is 0 Å². The van der Waals surface area contributed by atoms with Crippen molar-refractivity contribution in [1.29, 1.82) is 0 Å². The third kappa shape index (κ3) is 5.99. The van der Waals surface area contributed by atoms with Crippen molar-refractivity contribution in [1.82, 2.24) is 11.1 Å². The molecule has 0 aromatic heterocycles. The molecule has 0 aromatic rings. The molecule has 1 fully saturated rings. The highest BCUT2D eigenvalue weighted by Crippen LogP contribution is 1.95. The second kappa shape index (κ2) is 8.44. The SMILES string of the molecule is CCCOCCN1CCOCC1.N. The van der Waals surface area contributed by atoms with E-state index in [0.717, 1.165) is 52.5 Å². The van der Waals surface area contributed by atoms with Crippen molar-refractivity contribution in [3.8, 4) is 0 Å². The fourth-order valence-corrected chi connectivity index (χ4v) is 1.26. The minimum atomic E-state index is 0. The predicted molar refractivity (Wildman–Crippen MR) is 53.4 cm³/mol. The van der Waals surface area contributed by atoms with Crippen LogP contribution in [0.25, 0.3) is 0 Å². The Morgan fingerprint density at radius 3 is 2.54 bits per heavy atom. The van der Waals surface area contributed by atoms with Crippen LogP contribution >= 0.6 is 0 Å². The van der Waals surface area contributed by atoms with E-state index in [4.69, 9.17) is 9.47 Å². The Morgan fingerprint density at radius 2 is 1.92 bits per heavy atom. The minimum Gasteiger partial charge on any atom is -0.380 e. The zero-order valence-corrected chi connectivity index (χ0v) is 8.63. The van der Waals surface area contributed by atoms with Gasteiger partial charge in [0.25, 0.3) is 0 Å². The van der Waals surface area contributed by atoms with Crippen molar-refractivity contribution in [3.05, 3.63) is 0 Å². The van der Waals surface area contributed by atoms with E-state index in [1.54, 1.807) is 0 Å². The topological polar surface area (TPSA) is 56.7 Å². The van der Waals surface area contributed by atoms with E-state index in [9.17, 15) is 0 Å². The zero-order valence-electron chi connectivity index (χ0n) is 8.63. The highest BCUT2D eigenvalue weighted by atomic mass is 16.5. The minimum absolute atomic E-state index is 0. The largest absolute Gasteiger partial charge is 0.380 e. The van der Waals surface area contributed by atoms with Gasteiger partial charge in [0.05, 0.1) is 19.8 Å². The molecule has 4 nitrogen and oxygen atoms in total. The normalized spacial score (nSPS) is 18.2. The van der Waals surface area contributed by atoms with E-state index in [2.05, 4.69) is 11.8 Å². The lowest BCUT2D eigenvalue weighted by Gasteiger charge is -2.26. The number of ether oxygens (including phenoxy) is 2. The summed E-state index contributed by atoms with van der Waals surface area (Å²) in [6, 6.07) is 0. The van der Waals surface area contributed by atoms with Gasteiger partial charge in [-0.3, -0.25) is 4.90 Å². The lowest BCUT2D eigenvalue weighted by atomic mass is 10.4. The second-order valence-electron chi connectivity index (χ2n) is 3.07. The summed E-state index contributed by atoms with van der Waals surface area (Å²) in [6.07, 6.45) is 1.11. The molecule has 0 amide bonds. The Labute approximate surface area is 80.8 Å². The molecule has 3 N–H and O–H groups in total. The van der Waals surface area contributed by atoms with Gasteiger partial charge in [-0.1, -0.05) is 6.92 Å². The van der Waals surface area contributed by atoms with Crippen molar-refractivity contribution in [2.75, 3.05) is 46.1 Å². The third-order valence-corrected chi connectivity index (χ3v) is 2.00. The van der Waals surface area contributed by atoms with E-state index >= 15 is 0 Å². The molecule has 1 aliphatic rings. The molecule has 0 aromatic carbocycles. The molecule has 0 saturated carbocycles. The monoisotopic (exact) mass is 190 g/mol. The first-order chi connectivity index (χ1) is 5.93. The Hall–Kier alpha value is -0.160. The van der Waals surface area contributed by atoms with Gasteiger partial charge in [-0.15, -0.1) is 0 Å². The van der Waals surface area contributed by atoms with Crippen LogP contribution < -0.4 is 6.15 Å². The van der Waals surface area contributed by atoms with Crippen LogP contribution in [0, 0.1) is 0 Å². The van der Waals surface area contributed by atoms with Gasteiger partial charge >= 0.3 is 0 Å². The summed E-state index contributed by atoms with van der Waals surface area (Å²) in [5.74, 6) is 0. The molecule has 4 heteroatoms. The fourth-order valence-electron chi connectivity index (χ4n) is 1.26. The van der Waals surface area contributed by atoms with Gasteiger partial charge in [-0.25, -0.2) is 0 Å². The molecule has 0 aliphatic carbocycles. The standard InChI is InChI=1S/C9H19NO2.H3N/c1-2-6-11-7-3-10-4-8-12-9-5-10;/h2-9H2,1H3;1H3. The summed E-state index contributed by atoms with van der Waals surface area (Å²) in [5, 5.41) is 0. The van der Waals surface area contributed by atoms with E-state index in [1.165, 1.54) is 0 Å². The molecule has 1 rings (SSSR count). The predicted octanol–water partition coefficient (Wildman–Crippen LogP) is 0.907. The van der Waals surface area contributed by atoms with Gasteiger partial charge in [-0.2, -0.15) is 0 Å². The number of nitrogens with zero attached hydrogens (tertiary/aromatic N) is 1. The summed E-state index contributed by atoms with van der Waals surface area (Å²) in [7, 11) is 0. The Bertz CT molecular complexity index is 106. The van der Waals surface area contributed by atoms with Crippen LogP contribution in [0.1, 0.15) is 13.3 Å². The summed E-state index contributed by atoms with van der Waals surface area (Å²) in [5.41, 5.74) is 0. The van der Waals surface area contributed by atoms with Crippen LogP contribution in [-0.4, -0.2) is 51.0 Å². The molecule has 1 saturated heterocycles. The first-order valence-corrected chi connectivity index (χ1v) is 4.81. The summed E-state index contributed by atoms with van der Waals surface area (Å²) >= 11 is 0. The number of hydrogen-bond donors (Lipinski definition) is 1. The molecule has 0 unspecified atom stereocenters. The van der Waals surface area contributed by atoms with Crippen LogP contribution in [0.5, 0.6) is 0 Å². The van der Waals surface area contributed by atoms with Crippen molar-refractivity contribution < 1.29 is 9.47 Å². The third-order valence-electron chi connectivity index (χ3n) is 2.00. The number of rotatable bonds is 5.